The van der Waals surface area contributed by atoms with Gasteiger partial charge in [-0.3, -0.25) is 9.59 Å². The van der Waals surface area contributed by atoms with Crippen molar-refractivity contribution in [2.45, 2.75) is 19.4 Å². The van der Waals surface area contributed by atoms with Crippen molar-refractivity contribution in [1.82, 2.24) is 24.6 Å². The zero-order valence-electron chi connectivity index (χ0n) is 14.3. The van der Waals surface area contributed by atoms with E-state index in [0.717, 1.165) is 17.2 Å². The summed E-state index contributed by atoms with van der Waals surface area (Å²) in [5.74, 6) is 1.68. The van der Waals surface area contributed by atoms with E-state index in [9.17, 15) is 9.59 Å². The van der Waals surface area contributed by atoms with Gasteiger partial charge in [0.15, 0.2) is 5.82 Å². The van der Waals surface area contributed by atoms with E-state index in [4.69, 9.17) is 0 Å². The molecule has 0 spiro atoms. The molecule has 7 heteroatoms. The van der Waals surface area contributed by atoms with E-state index >= 15 is 0 Å². The van der Waals surface area contributed by atoms with Gasteiger partial charge in [-0.25, -0.2) is 0 Å². The van der Waals surface area contributed by atoms with Crippen LogP contribution in [-0.4, -0.2) is 63.1 Å². The first-order valence-corrected chi connectivity index (χ1v) is 8.63. The lowest BCUT2D eigenvalue weighted by atomic mass is 10.1. The minimum Gasteiger partial charge on any atom is -0.345 e. The standard InChI is InChI=1S/C18H21N5O2/c1-21-12-14(11-16(21)24)18(25)22-8-7-15-19-20-17(23(15)10-9-22)13-5-3-2-4-6-13/h2-6,14H,7-12H2,1H3. The van der Waals surface area contributed by atoms with Gasteiger partial charge in [-0.05, 0) is 0 Å². The van der Waals surface area contributed by atoms with E-state index in [1.807, 2.05) is 35.2 Å². The Morgan fingerprint density at radius 3 is 2.64 bits per heavy atom. The predicted octanol–water partition coefficient (Wildman–Crippen LogP) is 0.808. The molecule has 130 valence electrons. The van der Waals surface area contributed by atoms with Crippen LogP contribution in [0.25, 0.3) is 11.4 Å². The van der Waals surface area contributed by atoms with Crippen LogP contribution in [-0.2, 0) is 22.6 Å². The summed E-state index contributed by atoms with van der Waals surface area (Å²) in [5, 5.41) is 8.66. The van der Waals surface area contributed by atoms with Crippen LogP contribution in [0, 0.1) is 5.92 Å². The highest BCUT2D eigenvalue weighted by molar-refractivity contribution is 5.89. The molecule has 2 amide bonds. The first-order chi connectivity index (χ1) is 12.1. The molecule has 1 fully saturated rings. The van der Waals surface area contributed by atoms with Crippen LogP contribution in [0.3, 0.4) is 0 Å². The number of carbonyl (C=O) groups excluding carboxylic acids is 2. The Hall–Kier alpha value is -2.70. The van der Waals surface area contributed by atoms with Crippen molar-refractivity contribution in [2.75, 3.05) is 26.7 Å². The summed E-state index contributed by atoms with van der Waals surface area (Å²) >= 11 is 0. The molecule has 0 bridgehead atoms. The van der Waals surface area contributed by atoms with E-state index in [1.165, 1.54) is 0 Å². The molecule has 0 N–H and O–H groups in total. The Kier molecular flexibility index (Phi) is 3.99. The fraction of sp³-hybridized carbons (Fsp3) is 0.444. The Morgan fingerprint density at radius 1 is 1.12 bits per heavy atom. The second-order valence-corrected chi connectivity index (χ2v) is 6.71. The number of fused-ring (bicyclic) bond motifs is 1. The number of hydrogen-bond donors (Lipinski definition) is 0. The van der Waals surface area contributed by atoms with Crippen LogP contribution in [0.5, 0.6) is 0 Å². The molecule has 1 aromatic carbocycles. The van der Waals surface area contributed by atoms with Gasteiger partial charge in [-0.1, -0.05) is 30.3 Å². The van der Waals surface area contributed by atoms with Gasteiger partial charge in [-0.15, -0.1) is 10.2 Å². The first-order valence-electron chi connectivity index (χ1n) is 8.63. The summed E-state index contributed by atoms with van der Waals surface area (Å²) in [6, 6.07) is 9.98. The maximum atomic E-state index is 12.8. The topological polar surface area (TPSA) is 71.3 Å². The highest BCUT2D eigenvalue weighted by atomic mass is 16.2. The Bertz CT molecular complexity index is 801. The van der Waals surface area contributed by atoms with E-state index in [2.05, 4.69) is 14.8 Å². The van der Waals surface area contributed by atoms with Crippen LogP contribution in [0.15, 0.2) is 30.3 Å². The number of benzene rings is 1. The fourth-order valence-electron chi connectivity index (χ4n) is 3.63. The van der Waals surface area contributed by atoms with Crippen molar-refractivity contribution < 1.29 is 9.59 Å². The zero-order valence-corrected chi connectivity index (χ0v) is 14.3. The Morgan fingerprint density at radius 2 is 1.92 bits per heavy atom. The van der Waals surface area contributed by atoms with Gasteiger partial charge in [0.1, 0.15) is 5.82 Å². The monoisotopic (exact) mass is 339 g/mol. The maximum absolute atomic E-state index is 12.8. The van der Waals surface area contributed by atoms with E-state index in [1.54, 1.807) is 11.9 Å². The third kappa shape index (κ3) is 2.90. The van der Waals surface area contributed by atoms with Crippen molar-refractivity contribution in [3.8, 4) is 11.4 Å². The van der Waals surface area contributed by atoms with Gasteiger partial charge in [0.05, 0.1) is 5.92 Å². The molecule has 0 radical (unpaired) electrons. The quantitative estimate of drug-likeness (QED) is 0.812. The van der Waals surface area contributed by atoms with Crippen LogP contribution < -0.4 is 0 Å². The molecule has 0 saturated carbocycles. The number of hydrogen-bond acceptors (Lipinski definition) is 4. The second kappa shape index (κ2) is 6.31. The van der Waals surface area contributed by atoms with Crippen molar-refractivity contribution in [3.63, 3.8) is 0 Å². The number of aromatic nitrogens is 3. The van der Waals surface area contributed by atoms with Crippen molar-refractivity contribution in [3.05, 3.63) is 36.2 Å². The van der Waals surface area contributed by atoms with Gasteiger partial charge in [0.2, 0.25) is 11.8 Å². The molecule has 0 aliphatic carbocycles. The van der Waals surface area contributed by atoms with Crippen LogP contribution in [0.4, 0.5) is 0 Å². The Balaban J connectivity index is 1.50. The average Bonchev–Trinajstić information content (AvgIpc) is 3.11. The highest BCUT2D eigenvalue weighted by Gasteiger charge is 2.35. The minimum absolute atomic E-state index is 0.0525. The molecule has 7 nitrogen and oxygen atoms in total. The minimum atomic E-state index is -0.213. The van der Waals surface area contributed by atoms with Crippen molar-refractivity contribution >= 4 is 11.8 Å². The second-order valence-electron chi connectivity index (χ2n) is 6.71. The van der Waals surface area contributed by atoms with Gasteiger partial charge >= 0.3 is 0 Å². The van der Waals surface area contributed by atoms with Crippen LogP contribution >= 0.6 is 0 Å². The summed E-state index contributed by atoms with van der Waals surface area (Å²) in [6.45, 7) is 2.45. The number of carbonyl (C=O) groups is 2. The van der Waals surface area contributed by atoms with E-state index < -0.39 is 0 Å². The van der Waals surface area contributed by atoms with Gasteiger partial charge < -0.3 is 14.4 Å². The predicted molar refractivity (Wildman–Crippen MR) is 91.5 cm³/mol. The van der Waals surface area contributed by atoms with Crippen LogP contribution in [0.2, 0.25) is 0 Å². The molecular weight excluding hydrogens is 318 g/mol. The fourth-order valence-corrected chi connectivity index (χ4v) is 3.63. The summed E-state index contributed by atoms with van der Waals surface area (Å²) in [7, 11) is 1.76. The molecule has 3 heterocycles. The number of nitrogens with zero attached hydrogens (tertiary/aromatic N) is 5. The van der Waals surface area contributed by atoms with E-state index in [0.29, 0.717) is 39.0 Å². The third-order valence-electron chi connectivity index (χ3n) is 5.06. The summed E-state index contributed by atoms with van der Waals surface area (Å²) in [4.78, 5) is 28.0. The lowest BCUT2D eigenvalue weighted by Gasteiger charge is -2.23. The molecule has 1 saturated heterocycles. The first kappa shape index (κ1) is 15.8. The normalized spacial score (nSPS) is 20.5. The molecule has 25 heavy (non-hydrogen) atoms. The van der Waals surface area contributed by atoms with Gasteiger partial charge in [0, 0.05) is 51.6 Å². The smallest absolute Gasteiger partial charge is 0.228 e. The third-order valence-corrected chi connectivity index (χ3v) is 5.06. The molecule has 4 rings (SSSR count). The molecule has 1 atom stereocenters. The number of rotatable bonds is 2. The SMILES string of the molecule is CN1CC(C(=O)N2CCc3nnc(-c4ccccc4)n3CC2)CC1=O. The van der Waals surface area contributed by atoms with Gasteiger partial charge in [-0.2, -0.15) is 0 Å². The van der Waals surface area contributed by atoms with Gasteiger partial charge in [0.25, 0.3) is 0 Å². The van der Waals surface area contributed by atoms with E-state index in [-0.39, 0.29) is 17.7 Å². The summed E-state index contributed by atoms with van der Waals surface area (Å²) in [6.07, 6.45) is 1.01. The Labute approximate surface area is 146 Å². The van der Waals surface area contributed by atoms with Crippen molar-refractivity contribution in [2.24, 2.45) is 5.92 Å². The molecular formula is C18H21N5O2. The largest absolute Gasteiger partial charge is 0.345 e. The zero-order chi connectivity index (χ0) is 17.4. The lowest BCUT2D eigenvalue weighted by molar-refractivity contribution is -0.135. The van der Waals surface area contributed by atoms with Crippen LogP contribution in [0.1, 0.15) is 12.2 Å². The molecule has 2 aliphatic rings. The maximum Gasteiger partial charge on any atom is 0.228 e. The summed E-state index contributed by atoms with van der Waals surface area (Å²) in [5.41, 5.74) is 1.03. The summed E-state index contributed by atoms with van der Waals surface area (Å²) < 4.78 is 2.11. The molecule has 1 aromatic heterocycles. The number of amides is 2. The average molecular weight is 339 g/mol. The number of likely N-dealkylation sites (tertiary alicyclic amines) is 1. The molecule has 2 aromatic rings. The molecule has 2 aliphatic heterocycles. The lowest BCUT2D eigenvalue weighted by Crippen LogP contribution is -2.39. The van der Waals surface area contributed by atoms with Crippen molar-refractivity contribution in [1.29, 1.82) is 0 Å². The highest BCUT2D eigenvalue weighted by Crippen LogP contribution is 2.22. The molecule has 1 unspecified atom stereocenters.